The van der Waals surface area contributed by atoms with Crippen LogP contribution in [0.25, 0.3) is 0 Å². The van der Waals surface area contributed by atoms with Gasteiger partial charge in [0.25, 0.3) is 0 Å². The van der Waals surface area contributed by atoms with Crippen molar-refractivity contribution in [2.45, 2.75) is 33.2 Å². The van der Waals surface area contributed by atoms with Crippen LogP contribution in [0.15, 0.2) is 23.4 Å². The van der Waals surface area contributed by atoms with E-state index in [1.165, 1.54) is 12.0 Å². The molecular formula is C15H25N3O2. The number of aryl methyl sites for hydroxylation is 1. The van der Waals surface area contributed by atoms with Crippen LogP contribution in [0.3, 0.4) is 0 Å². The molecule has 1 aromatic carbocycles. The van der Waals surface area contributed by atoms with Gasteiger partial charge >= 0.3 is 0 Å². The van der Waals surface area contributed by atoms with Crippen molar-refractivity contribution in [3.05, 3.63) is 34.9 Å². The number of unbranched alkanes of at least 4 members (excludes halogenated alkanes) is 1. The number of hydrogen-bond acceptors (Lipinski definition) is 4. The molecule has 0 aliphatic heterocycles. The van der Waals surface area contributed by atoms with Gasteiger partial charge in [-0.15, -0.1) is 0 Å². The molecule has 0 spiro atoms. The number of nitrogens with one attached hydrogen (secondary N) is 1. The Balaban J connectivity index is 2.34. The van der Waals surface area contributed by atoms with E-state index in [0.29, 0.717) is 0 Å². The van der Waals surface area contributed by atoms with Crippen molar-refractivity contribution in [1.29, 1.82) is 0 Å². The molecular weight excluding hydrogens is 254 g/mol. The molecule has 4 N–H and O–H groups in total. The average Bonchev–Trinajstić information content (AvgIpc) is 2.46. The third-order valence-electron chi connectivity index (χ3n) is 3.13. The van der Waals surface area contributed by atoms with Gasteiger partial charge in [-0.3, -0.25) is 0 Å². The van der Waals surface area contributed by atoms with Crippen LogP contribution in [0, 0.1) is 6.92 Å². The second-order valence-electron chi connectivity index (χ2n) is 4.77. The lowest BCUT2D eigenvalue weighted by molar-refractivity contribution is 0.133. The molecule has 0 bridgehead atoms. The quantitative estimate of drug-likeness (QED) is 0.212. The molecule has 112 valence electrons. The molecule has 0 unspecified atom stereocenters. The first-order valence-corrected chi connectivity index (χ1v) is 7.05. The van der Waals surface area contributed by atoms with E-state index in [4.69, 9.17) is 15.7 Å². The van der Waals surface area contributed by atoms with Gasteiger partial charge in [-0.2, -0.15) is 0 Å². The zero-order valence-corrected chi connectivity index (χ0v) is 12.4. The van der Waals surface area contributed by atoms with Crippen LogP contribution in [0.2, 0.25) is 0 Å². The maximum Gasteiger partial charge on any atom is 0.170 e. The SMILES string of the molecule is CCCCOCCNCc1ccc(/C(N)=N/O)cc1C. The third kappa shape index (κ3) is 5.59. The molecule has 0 heterocycles. The lowest BCUT2D eigenvalue weighted by atomic mass is 10.0. The van der Waals surface area contributed by atoms with Crippen molar-refractivity contribution in [1.82, 2.24) is 5.32 Å². The van der Waals surface area contributed by atoms with Gasteiger partial charge in [0.05, 0.1) is 6.61 Å². The predicted molar refractivity (Wildman–Crippen MR) is 81.1 cm³/mol. The fraction of sp³-hybridized carbons (Fsp3) is 0.533. The first kappa shape index (κ1) is 16.5. The smallest absolute Gasteiger partial charge is 0.170 e. The van der Waals surface area contributed by atoms with Crippen molar-refractivity contribution < 1.29 is 9.94 Å². The Bertz CT molecular complexity index is 433. The molecule has 20 heavy (non-hydrogen) atoms. The summed E-state index contributed by atoms with van der Waals surface area (Å²) >= 11 is 0. The maximum absolute atomic E-state index is 8.65. The lowest BCUT2D eigenvalue weighted by Gasteiger charge is -2.10. The van der Waals surface area contributed by atoms with Crippen molar-refractivity contribution in [2.75, 3.05) is 19.8 Å². The van der Waals surface area contributed by atoms with Gasteiger partial charge < -0.3 is 21.0 Å². The topological polar surface area (TPSA) is 79.9 Å². The standard InChI is InChI=1S/C15H25N3O2/c1-3-4-8-20-9-7-17-11-14-6-5-13(10-12(14)2)15(16)18-19/h5-6,10,17,19H,3-4,7-9,11H2,1-2H3,(H2,16,18). The van der Waals surface area contributed by atoms with Crippen molar-refractivity contribution in [3.8, 4) is 0 Å². The number of benzene rings is 1. The van der Waals surface area contributed by atoms with Crippen LogP contribution in [-0.4, -0.2) is 30.8 Å². The fourth-order valence-corrected chi connectivity index (χ4v) is 1.83. The van der Waals surface area contributed by atoms with Gasteiger partial charge in [0.1, 0.15) is 0 Å². The minimum atomic E-state index is 0.136. The zero-order valence-electron chi connectivity index (χ0n) is 12.4. The maximum atomic E-state index is 8.65. The highest BCUT2D eigenvalue weighted by molar-refractivity contribution is 5.97. The minimum absolute atomic E-state index is 0.136. The fourth-order valence-electron chi connectivity index (χ4n) is 1.83. The summed E-state index contributed by atoms with van der Waals surface area (Å²) in [6.45, 7) is 7.38. The molecule has 0 amide bonds. The minimum Gasteiger partial charge on any atom is -0.409 e. The van der Waals surface area contributed by atoms with Gasteiger partial charge in [-0.25, -0.2) is 0 Å². The molecule has 1 rings (SSSR count). The Labute approximate surface area is 120 Å². The number of ether oxygens (including phenoxy) is 1. The highest BCUT2D eigenvalue weighted by Crippen LogP contribution is 2.10. The van der Waals surface area contributed by atoms with Crippen LogP contribution >= 0.6 is 0 Å². The number of nitrogens with zero attached hydrogens (tertiary/aromatic N) is 1. The summed E-state index contributed by atoms with van der Waals surface area (Å²) in [6.07, 6.45) is 2.29. The van der Waals surface area contributed by atoms with Crippen LogP contribution in [0.4, 0.5) is 0 Å². The summed E-state index contributed by atoms with van der Waals surface area (Å²) in [7, 11) is 0. The van der Waals surface area contributed by atoms with Gasteiger partial charge in [0.2, 0.25) is 0 Å². The Hall–Kier alpha value is -1.59. The van der Waals surface area contributed by atoms with Crippen molar-refractivity contribution >= 4 is 5.84 Å². The summed E-state index contributed by atoms with van der Waals surface area (Å²) in [5, 5.41) is 15.0. The summed E-state index contributed by atoms with van der Waals surface area (Å²) in [5.41, 5.74) is 8.61. The van der Waals surface area contributed by atoms with Gasteiger partial charge in [-0.1, -0.05) is 30.6 Å². The van der Waals surface area contributed by atoms with Gasteiger partial charge in [-0.05, 0) is 30.5 Å². The largest absolute Gasteiger partial charge is 0.409 e. The van der Waals surface area contributed by atoms with E-state index in [2.05, 4.69) is 17.4 Å². The Morgan fingerprint density at radius 3 is 2.85 bits per heavy atom. The molecule has 0 radical (unpaired) electrons. The first-order valence-electron chi connectivity index (χ1n) is 7.05. The summed E-state index contributed by atoms with van der Waals surface area (Å²) in [5.74, 6) is 0.136. The third-order valence-corrected chi connectivity index (χ3v) is 3.13. The molecule has 5 heteroatoms. The van der Waals surface area contributed by atoms with Gasteiger partial charge in [0.15, 0.2) is 5.84 Å². The summed E-state index contributed by atoms with van der Waals surface area (Å²) < 4.78 is 5.48. The van der Waals surface area contributed by atoms with E-state index in [1.54, 1.807) is 0 Å². The Morgan fingerprint density at radius 2 is 2.20 bits per heavy atom. The predicted octanol–water partition coefficient (Wildman–Crippen LogP) is 2.00. The number of oxime groups is 1. The van der Waals surface area contributed by atoms with Crippen molar-refractivity contribution in [2.24, 2.45) is 10.9 Å². The van der Waals surface area contributed by atoms with E-state index < -0.39 is 0 Å². The van der Waals surface area contributed by atoms with E-state index in [-0.39, 0.29) is 5.84 Å². The van der Waals surface area contributed by atoms with E-state index in [0.717, 1.165) is 43.9 Å². The van der Waals surface area contributed by atoms with E-state index in [9.17, 15) is 0 Å². The molecule has 0 aliphatic carbocycles. The van der Waals surface area contributed by atoms with Crippen LogP contribution in [0.5, 0.6) is 0 Å². The Kier molecular flexibility index (Phi) is 7.69. The number of rotatable bonds is 9. The first-order chi connectivity index (χ1) is 9.69. The zero-order chi connectivity index (χ0) is 14.8. The second kappa shape index (κ2) is 9.34. The molecule has 0 aliphatic rings. The summed E-state index contributed by atoms with van der Waals surface area (Å²) in [6, 6.07) is 5.77. The van der Waals surface area contributed by atoms with E-state index >= 15 is 0 Å². The molecule has 5 nitrogen and oxygen atoms in total. The number of amidine groups is 1. The van der Waals surface area contributed by atoms with Crippen LogP contribution in [-0.2, 0) is 11.3 Å². The molecule has 0 fully saturated rings. The van der Waals surface area contributed by atoms with Crippen LogP contribution in [0.1, 0.15) is 36.5 Å². The van der Waals surface area contributed by atoms with Crippen molar-refractivity contribution in [3.63, 3.8) is 0 Å². The van der Waals surface area contributed by atoms with Crippen LogP contribution < -0.4 is 11.1 Å². The molecule has 0 aromatic heterocycles. The number of hydrogen-bond donors (Lipinski definition) is 3. The normalized spacial score (nSPS) is 11.8. The summed E-state index contributed by atoms with van der Waals surface area (Å²) in [4.78, 5) is 0. The number of nitrogens with two attached hydrogens (primary N) is 1. The molecule has 0 atom stereocenters. The Morgan fingerprint density at radius 1 is 1.40 bits per heavy atom. The van der Waals surface area contributed by atoms with E-state index in [1.807, 2.05) is 25.1 Å². The monoisotopic (exact) mass is 279 g/mol. The molecule has 1 aromatic rings. The highest BCUT2D eigenvalue weighted by atomic mass is 16.5. The highest BCUT2D eigenvalue weighted by Gasteiger charge is 2.03. The van der Waals surface area contributed by atoms with Gasteiger partial charge in [0, 0.05) is 25.3 Å². The molecule has 0 saturated carbocycles. The average molecular weight is 279 g/mol. The lowest BCUT2D eigenvalue weighted by Crippen LogP contribution is -2.20. The molecule has 0 saturated heterocycles. The second-order valence-corrected chi connectivity index (χ2v) is 4.77.